The maximum absolute atomic E-state index is 12.9. The van der Waals surface area contributed by atoms with Gasteiger partial charge in [-0.05, 0) is 41.9 Å². The van der Waals surface area contributed by atoms with Gasteiger partial charge in [0.05, 0.1) is 11.6 Å². The lowest BCUT2D eigenvalue weighted by Crippen LogP contribution is -2.48. The number of fused-ring (bicyclic) bond motifs is 1. The van der Waals surface area contributed by atoms with Crippen LogP contribution in [0, 0.1) is 0 Å². The summed E-state index contributed by atoms with van der Waals surface area (Å²) in [6, 6.07) is 14.6. The molecule has 4 rings (SSSR count). The second-order valence-corrected chi connectivity index (χ2v) is 6.80. The summed E-state index contributed by atoms with van der Waals surface area (Å²) in [7, 11) is 0. The zero-order chi connectivity index (χ0) is 18.8. The third-order valence-electron chi connectivity index (χ3n) is 5.21. The van der Waals surface area contributed by atoms with E-state index in [2.05, 4.69) is 11.8 Å². The number of hydrogen-bond donors (Lipinski definition) is 0. The lowest BCUT2D eigenvalue weighted by atomic mass is 10.0. The number of nitrogens with zero attached hydrogens (tertiary/aromatic N) is 2. The number of likely N-dealkylation sites (N-methyl/N-ethyl adjacent to an activating group) is 1. The molecule has 3 aromatic rings. The Kier molecular flexibility index (Phi) is 4.77. The summed E-state index contributed by atoms with van der Waals surface area (Å²) < 4.78 is 5.47. The summed E-state index contributed by atoms with van der Waals surface area (Å²) in [6.07, 6.45) is 1.41. The maximum atomic E-state index is 12.9. The van der Waals surface area contributed by atoms with Crippen molar-refractivity contribution >= 4 is 16.9 Å². The molecule has 1 amide bonds. The van der Waals surface area contributed by atoms with Gasteiger partial charge in [0.1, 0.15) is 5.58 Å². The van der Waals surface area contributed by atoms with Crippen LogP contribution in [0.4, 0.5) is 0 Å². The summed E-state index contributed by atoms with van der Waals surface area (Å²) in [5.41, 5.74) is 3.03. The van der Waals surface area contributed by atoms with E-state index >= 15 is 0 Å². The number of piperazine rings is 1. The average molecular weight is 362 g/mol. The van der Waals surface area contributed by atoms with Gasteiger partial charge in [0.25, 0.3) is 5.91 Å². The topological polar surface area (TPSA) is 53.8 Å². The lowest BCUT2D eigenvalue weighted by molar-refractivity contribution is 0.0643. The molecule has 0 aliphatic carbocycles. The highest BCUT2D eigenvalue weighted by molar-refractivity contribution is 5.96. The standard InChI is InChI=1S/C22H22N2O3/c1-2-23-9-11-24(12-10-23)22(26)18-5-3-4-16(14-18)17-6-7-19-20(25)8-13-27-21(19)15-17/h3-8,13-15H,2,9-12H2,1H3. The molecule has 1 fully saturated rings. The highest BCUT2D eigenvalue weighted by Gasteiger charge is 2.21. The van der Waals surface area contributed by atoms with Crippen molar-refractivity contribution in [3.8, 4) is 11.1 Å². The summed E-state index contributed by atoms with van der Waals surface area (Å²) in [4.78, 5) is 29.0. The normalized spacial score (nSPS) is 15.2. The molecule has 0 bridgehead atoms. The second-order valence-electron chi connectivity index (χ2n) is 6.80. The van der Waals surface area contributed by atoms with E-state index < -0.39 is 0 Å². The van der Waals surface area contributed by atoms with Crippen LogP contribution in [0.15, 0.2) is 64.0 Å². The minimum atomic E-state index is -0.0575. The number of rotatable bonds is 3. The Labute approximate surface area is 157 Å². The van der Waals surface area contributed by atoms with Gasteiger partial charge in [-0.15, -0.1) is 0 Å². The van der Waals surface area contributed by atoms with E-state index in [4.69, 9.17) is 4.42 Å². The predicted molar refractivity (Wildman–Crippen MR) is 106 cm³/mol. The number of carbonyl (C=O) groups is 1. The van der Waals surface area contributed by atoms with Crippen molar-refractivity contribution in [1.82, 2.24) is 9.80 Å². The molecule has 0 atom stereocenters. The molecule has 5 heteroatoms. The van der Waals surface area contributed by atoms with Crippen LogP contribution in [0.5, 0.6) is 0 Å². The van der Waals surface area contributed by atoms with Gasteiger partial charge in [-0.3, -0.25) is 9.59 Å². The fourth-order valence-corrected chi connectivity index (χ4v) is 3.54. The van der Waals surface area contributed by atoms with Crippen LogP contribution < -0.4 is 5.43 Å². The predicted octanol–water partition coefficient (Wildman–Crippen LogP) is 3.24. The second kappa shape index (κ2) is 7.37. The maximum Gasteiger partial charge on any atom is 0.253 e. The summed E-state index contributed by atoms with van der Waals surface area (Å²) in [6.45, 7) is 6.54. The van der Waals surface area contributed by atoms with Crippen LogP contribution in [-0.2, 0) is 0 Å². The Bertz CT molecular complexity index is 1030. The molecule has 0 radical (unpaired) electrons. The van der Waals surface area contributed by atoms with Crippen LogP contribution in [0.25, 0.3) is 22.1 Å². The minimum absolute atomic E-state index is 0.0575. The van der Waals surface area contributed by atoms with E-state index in [-0.39, 0.29) is 11.3 Å². The largest absolute Gasteiger partial charge is 0.464 e. The van der Waals surface area contributed by atoms with Crippen LogP contribution in [0.3, 0.4) is 0 Å². The number of carbonyl (C=O) groups excluding carboxylic acids is 1. The van der Waals surface area contributed by atoms with Gasteiger partial charge in [0.2, 0.25) is 0 Å². The van der Waals surface area contributed by atoms with E-state index in [0.717, 1.165) is 43.9 Å². The van der Waals surface area contributed by atoms with E-state index in [1.165, 1.54) is 12.3 Å². The Hall–Kier alpha value is -2.92. The lowest BCUT2D eigenvalue weighted by Gasteiger charge is -2.34. The summed E-state index contributed by atoms with van der Waals surface area (Å²) >= 11 is 0. The molecule has 1 aromatic heterocycles. The van der Waals surface area contributed by atoms with Gasteiger partial charge in [-0.25, -0.2) is 0 Å². The fraction of sp³-hybridized carbons (Fsp3) is 0.273. The summed E-state index contributed by atoms with van der Waals surface area (Å²) in [5, 5.41) is 0.558. The van der Waals surface area contributed by atoms with Gasteiger partial charge in [-0.2, -0.15) is 0 Å². The smallest absolute Gasteiger partial charge is 0.253 e. The number of amides is 1. The fourth-order valence-electron chi connectivity index (χ4n) is 3.54. The monoisotopic (exact) mass is 362 g/mol. The Morgan fingerprint density at radius 3 is 2.56 bits per heavy atom. The molecular formula is C22H22N2O3. The Morgan fingerprint density at radius 2 is 1.78 bits per heavy atom. The van der Waals surface area contributed by atoms with Crippen molar-refractivity contribution in [3.05, 3.63) is 70.6 Å². The van der Waals surface area contributed by atoms with E-state index in [1.54, 1.807) is 6.07 Å². The highest BCUT2D eigenvalue weighted by atomic mass is 16.3. The van der Waals surface area contributed by atoms with Crippen LogP contribution in [0.1, 0.15) is 17.3 Å². The third kappa shape index (κ3) is 3.51. The Morgan fingerprint density at radius 1 is 1.00 bits per heavy atom. The molecule has 0 saturated carbocycles. The molecule has 0 N–H and O–H groups in total. The molecule has 27 heavy (non-hydrogen) atoms. The van der Waals surface area contributed by atoms with Crippen molar-refractivity contribution in [2.45, 2.75) is 6.92 Å². The molecular weight excluding hydrogens is 340 g/mol. The van der Waals surface area contributed by atoms with Crippen molar-refractivity contribution in [2.75, 3.05) is 32.7 Å². The molecule has 1 saturated heterocycles. The summed E-state index contributed by atoms with van der Waals surface area (Å²) in [5.74, 6) is 0.0694. The molecule has 5 nitrogen and oxygen atoms in total. The van der Waals surface area contributed by atoms with E-state index in [1.807, 2.05) is 41.3 Å². The zero-order valence-corrected chi connectivity index (χ0v) is 15.4. The third-order valence-corrected chi connectivity index (χ3v) is 5.21. The van der Waals surface area contributed by atoms with Crippen LogP contribution in [0.2, 0.25) is 0 Å². The van der Waals surface area contributed by atoms with Crippen molar-refractivity contribution < 1.29 is 9.21 Å². The molecule has 138 valence electrons. The first-order chi connectivity index (χ1) is 13.2. The number of hydrogen-bond acceptors (Lipinski definition) is 4. The van der Waals surface area contributed by atoms with Crippen molar-refractivity contribution in [1.29, 1.82) is 0 Å². The van der Waals surface area contributed by atoms with Gasteiger partial charge in [0, 0.05) is 37.8 Å². The first kappa shape index (κ1) is 17.5. The SMILES string of the molecule is CCN1CCN(C(=O)c2cccc(-c3ccc4c(=O)ccoc4c3)c2)CC1. The van der Waals surface area contributed by atoms with E-state index in [9.17, 15) is 9.59 Å². The van der Waals surface area contributed by atoms with E-state index in [0.29, 0.717) is 16.5 Å². The molecule has 2 aromatic carbocycles. The first-order valence-corrected chi connectivity index (χ1v) is 9.29. The Balaban J connectivity index is 1.61. The van der Waals surface area contributed by atoms with Crippen LogP contribution in [-0.4, -0.2) is 48.4 Å². The zero-order valence-electron chi connectivity index (χ0n) is 15.4. The molecule has 0 spiro atoms. The van der Waals surface area contributed by atoms with Gasteiger partial charge < -0.3 is 14.2 Å². The van der Waals surface area contributed by atoms with Crippen LogP contribution >= 0.6 is 0 Å². The molecule has 2 heterocycles. The van der Waals surface area contributed by atoms with Gasteiger partial charge in [0.15, 0.2) is 5.43 Å². The molecule has 0 unspecified atom stereocenters. The highest BCUT2D eigenvalue weighted by Crippen LogP contribution is 2.24. The molecule has 1 aliphatic heterocycles. The molecule has 1 aliphatic rings. The first-order valence-electron chi connectivity index (χ1n) is 9.29. The average Bonchev–Trinajstić information content (AvgIpc) is 2.73. The number of benzene rings is 2. The van der Waals surface area contributed by atoms with Crippen molar-refractivity contribution in [2.24, 2.45) is 0 Å². The quantitative estimate of drug-likeness (QED) is 0.718. The minimum Gasteiger partial charge on any atom is -0.464 e. The van der Waals surface area contributed by atoms with Crippen molar-refractivity contribution in [3.63, 3.8) is 0 Å². The van der Waals surface area contributed by atoms with Gasteiger partial charge in [-0.1, -0.05) is 25.1 Å². The van der Waals surface area contributed by atoms with Gasteiger partial charge >= 0.3 is 0 Å².